The molecule has 1 fully saturated rings. The van der Waals surface area contributed by atoms with Gasteiger partial charge in [-0.25, -0.2) is 8.42 Å². The van der Waals surface area contributed by atoms with Crippen LogP contribution in [0.4, 0.5) is 0 Å². The van der Waals surface area contributed by atoms with E-state index in [1.165, 1.54) is 11.8 Å². The summed E-state index contributed by atoms with van der Waals surface area (Å²) in [7, 11) is -1.33. The fourth-order valence-electron chi connectivity index (χ4n) is 2.99. The molecule has 0 aliphatic carbocycles. The summed E-state index contributed by atoms with van der Waals surface area (Å²) in [5.74, 6) is 1.11. The summed E-state index contributed by atoms with van der Waals surface area (Å²) >= 11 is 1.33. The van der Waals surface area contributed by atoms with Crippen molar-refractivity contribution >= 4 is 27.5 Å². The van der Waals surface area contributed by atoms with Crippen LogP contribution in [-0.2, 0) is 21.2 Å². The molecule has 1 saturated heterocycles. The summed E-state index contributed by atoms with van der Waals surface area (Å²) in [4.78, 5) is 14.0. The molecule has 1 aromatic heterocycles. The van der Waals surface area contributed by atoms with Crippen molar-refractivity contribution < 1.29 is 13.2 Å². The van der Waals surface area contributed by atoms with Gasteiger partial charge in [0.15, 0.2) is 20.8 Å². The molecule has 7 nitrogen and oxygen atoms in total. The lowest BCUT2D eigenvalue weighted by Gasteiger charge is -2.23. The average Bonchev–Trinajstić information content (AvgIpc) is 3.22. The smallest absolute Gasteiger partial charge is 0.233 e. The third kappa shape index (κ3) is 4.09. The van der Waals surface area contributed by atoms with Gasteiger partial charge in [0.2, 0.25) is 5.91 Å². The van der Waals surface area contributed by atoms with E-state index in [1.54, 1.807) is 11.9 Å². The third-order valence-electron chi connectivity index (χ3n) is 4.54. The van der Waals surface area contributed by atoms with Crippen molar-refractivity contribution in [2.24, 2.45) is 0 Å². The minimum absolute atomic E-state index is 0.0587. The Labute approximate surface area is 157 Å². The molecule has 0 unspecified atom stereocenters. The van der Waals surface area contributed by atoms with Crippen molar-refractivity contribution in [3.63, 3.8) is 0 Å². The third-order valence-corrected chi connectivity index (χ3v) is 7.24. The molecule has 1 aliphatic rings. The van der Waals surface area contributed by atoms with Crippen molar-refractivity contribution in [3.05, 3.63) is 30.3 Å². The van der Waals surface area contributed by atoms with Gasteiger partial charge in [-0.2, -0.15) is 0 Å². The number of hydrogen-bond acceptors (Lipinski definition) is 6. The maximum atomic E-state index is 12.4. The summed E-state index contributed by atoms with van der Waals surface area (Å²) in [6.45, 7) is 2.71. The molecule has 9 heteroatoms. The van der Waals surface area contributed by atoms with Crippen LogP contribution in [0.15, 0.2) is 35.5 Å². The Hall–Kier alpha value is -1.87. The van der Waals surface area contributed by atoms with Crippen LogP contribution in [0, 0.1) is 0 Å². The molecule has 0 saturated carbocycles. The normalized spacial score (nSPS) is 18.8. The molecule has 1 aromatic carbocycles. The van der Waals surface area contributed by atoms with Crippen LogP contribution < -0.4 is 0 Å². The lowest BCUT2D eigenvalue weighted by Crippen LogP contribution is -2.38. The van der Waals surface area contributed by atoms with E-state index in [4.69, 9.17) is 0 Å². The van der Waals surface area contributed by atoms with E-state index in [2.05, 4.69) is 10.2 Å². The molecular weight excluding hydrogens is 372 g/mol. The second-order valence-electron chi connectivity index (χ2n) is 6.27. The number of hydrogen-bond donors (Lipinski definition) is 0. The second kappa shape index (κ2) is 7.79. The SMILES string of the molecule is CCn1c(SCC(=O)N(C)[C@@H]2CCS(=O)(=O)C2)nnc1-c1ccccc1. The van der Waals surface area contributed by atoms with Crippen LogP contribution in [0.1, 0.15) is 13.3 Å². The number of benzene rings is 1. The molecule has 1 aliphatic heterocycles. The highest BCUT2D eigenvalue weighted by Crippen LogP contribution is 2.24. The first-order valence-electron chi connectivity index (χ1n) is 8.49. The molecule has 0 spiro atoms. The summed E-state index contributed by atoms with van der Waals surface area (Å²) in [6.07, 6.45) is 0.512. The molecule has 0 bridgehead atoms. The van der Waals surface area contributed by atoms with E-state index in [0.29, 0.717) is 18.1 Å². The van der Waals surface area contributed by atoms with E-state index in [0.717, 1.165) is 11.4 Å². The van der Waals surface area contributed by atoms with Crippen molar-refractivity contribution in [2.75, 3.05) is 24.3 Å². The standard InChI is InChI=1S/C17H22N4O3S2/c1-3-21-16(13-7-5-4-6-8-13)18-19-17(21)25-11-15(22)20(2)14-9-10-26(23,24)12-14/h4-8,14H,3,9-12H2,1-2H3/t14-/m1/s1. The van der Waals surface area contributed by atoms with Gasteiger partial charge in [0.05, 0.1) is 17.3 Å². The lowest BCUT2D eigenvalue weighted by molar-refractivity contribution is -0.128. The Balaban J connectivity index is 1.66. The van der Waals surface area contributed by atoms with Crippen LogP contribution in [0.3, 0.4) is 0 Å². The fourth-order valence-corrected chi connectivity index (χ4v) is 5.69. The van der Waals surface area contributed by atoms with Crippen molar-refractivity contribution in [1.82, 2.24) is 19.7 Å². The minimum Gasteiger partial charge on any atom is -0.341 e. The average molecular weight is 395 g/mol. The van der Waals surface area contributed by atoms with Gasteiger partial charge in [-0.15, -0.1) is 10.2 Å². The number of amides is 1. The maximum absolute atomic E-state index is 12.4. The van der Waals surface area contributed by atoms with Crippen LogP contribution in [0.25, 0.3) is 11.4 Å². The first-order chi connectivity index (χ1) is 12.4. The van der Waals surface area contributed by atoms with Gasteiger partial charge in [-0.3, -0.25) is 4.79 Å². The zero-order valence-electron chi connectivity index (χ0n) is 14.8. The number of rotatable bonds is 6. The number of nitrogens with zero attached hydrogens (tertiary/aromatic N) is 4. The lowest BCUT2D eigenvalue weighted by atomic mass is 10.2. The second-order valence-corrected chi connectivity index (χ2v) is 9.44. The van der Waals surface area contributed by atoms with Gasteiger partial charge < -0.3 is 9.47 Å². The van der Waals surface area contributed by atoms with Crippen molar-refractivity contribution in [3.8, 4) is 11.4 Å². The zero-order chi connectivity index (χ0) is 18.7. The highest BCUT2D eigenvalue weighted by atomic mass is 32.2. The summed E-state index contributed by atoms with van der Waals surface area (Å²) in [6, 6.07) is 9.57. The number of carbonyl (C=O) groups is 1. The Morgan fingerprint density at radius 1 is 1.31 bits per heavy atom. The minimum atomic E-state index is -3.01. The Kier molecular flexibility index (Phi) is 5.67. The first kappa shape index (κ1) is 18.9. The number of carbonyl (C=O) groups excluding carboxylic acids is 1. The maximum Gasteiger partial charge on any atom is 0.233 e. The monoisotopic (exact) mass is 394 g/mol. The van der Waals surface area contributed by atoms with E-state index in [1.807, 2.05) is 41.8 Å². The zero-order valence-corrected chi connectivity index (χ0v) is 16.5. The van der Waals surface area contributed by atoms with Crippen LogP contribution >= 0.6 is 11.8 Å². The predicted octanol–water partition coefficient (Wildman–Crippen LogP) is 1.70. The quantitative estimate of drug-likeness (QED) is 0.694. The molecule has 0 N–H and O–H groups in total. The molecule has 1 amide bonds. The molecule has 3 rings (SSSR count). The predicted molar refractivity (Wildman–Crippen MR) is 102 cm³/mol. The molecule has 0 radical (unpaired) electrons. The van der Waals surface area contributed by atoms with Gasteiger partial charge in [0.1, 0.15) is 0 Å². The van der Waals surface area contributed by atoms with Gasteiger partial charge in [0.25, 0.3) is 0 Å². The first-order valence-corrected chi connectivity index (χ1v) is 11.3. The number of aromatic nitrogens is 3. The van der Waals surface area contributed by atoms with Crippen molar-refractivity contribution in [1.29, 1.82) is 0 Å². The fraction of sp³-hybridized carbons (Fsp3) is 0.471. The van der Waals surface area contributed by atoms with E-state index >= 15 is 0 Å². The largest absolute Gasteiger partial charge is 0.341 e. The van der Waals surface area contributed by atoms with Gasteiger partial charge in [-0.05, 0) is 13.3 Å². The van der Waals surface area contributed by atoms with Gasteiger partial charge in [-0.1, -0.05) is 42.1 Å². The van der Waals surface area contributed by atoms with Crippen LogP contribution in [0.2, 0.25) is 0 Å². The van der Waals surface area contributed by atoms with Crippen molar-refractivity contribution in [2.45, 2.75) is 31.1 Å². The topological polar surface area (TPSA) is 85.2 Å². The molecule has 26 heavy (non-hydrogen) atoms. The van der Waals surface area contributed by atoms with Crippen LogP contribution in [-0.4, -0.2) is 64.3 Å². The molecular formula is C17H22N4O3S2. The number of sulfone groups is 1. The van der Waals surface area contributed by atoms with Gasteiger partial charge in [0, 0.05) is 25.2 Å². The Morgan fingerprint density at radius 3 is 2.65 bits per heavy atom. The summed E-state index contributed by atoms with van der Waals surface area (Å²) < 4.78 is 25.2. The highest BCUT2D eigenvalue weighted by Gasteiger charge is 2.32. The molecule has 140 valence electrons. The van der Waals surface area contributed by atoms with Gasteiger partial charge >= 0.3 is 0 Å². The molecule has 1 atom stereocenters. The van der Waals surface area contributed by atoms with E-state index in [-0.39, 0.29) is 29.2 Å². The van der Waals surface area contributed by atoms with E-state index < -0.39 is 9.84 Å². The van der Waals surface area contributed by atoms with E-state index in [9.17, 15) is 13.2 Å². The summed E-state index contributed by atoms with van der Waals surface area (Å²) in [5.41, 5.74) is 0.980. The Morgan fingerprint density at radius 2 is 2.04 bits per heavy atom. The molecule has 2 aromatic rings. The highest BCUT2D eigenvalue weighted by molar-refractivity contribution is 7.99. The summed E-state index contributed by atoms with van der Waals surface area (Å²) in [5, 5.41) is 9.18. The molecule has 2 heterocycles. The Bertz CT molecular complexity index is 881. The number of thioether (sulfide) groups is 1. The van der Waals surface area contributed by atoms with Crippen LogP contribution in [0.5, 0.6) is 0 Å².